The van der Waals surface area contributed by atoms with Gasteiger partial charge in [0.25, 0.3) is 0 Å². The van der Waals surface area contributed by atoms with Crippen molar-refractivity contribution in [3.63, 3.8) is 0 Å². The number of carbonyl (C=O) groups is 1. The molecule has 0 radical (unpaired) electrons. The van der Waals surface area contributed by atoms with Gasteiger partial charge in [-0.25, -0.2) is 4.79 Å². The summed E-state index contributed by atoms with van der Waals surface area (Å²) in [6.07, 6.45) is 6.19. The van der Waals surface area contributed by atoms with Gasteiger partial charge in [-0.05, 0) is 49.4 Å². The van der Waals surface area contributed by atoms with Crippen molar-refractivity contribution in [2.75, 3.05) is 44.2 Å². The molecule has 33 heavy (non-hydrogen) atoms. The molecule has 0 unspecified atom stereocenters. The number of anilines is 1. The van der Waals surface area contributed by atoms with Crippen LogP contribution >= 0.6 is 0 Å². The van der Waals surface area contributed by atoms with E-state index in [0.29, 0.717) is 0 Å². The lowest BCUT2D eigenvalue weighted by atomic mass is 10.1. The van der Waals surface area contributed by atoms with Gasteiger partial charge in [-0.1, -0.05) is 42.0 Å². The summed E-state index contributed by atoms with van der Waals surface area (Å²) in [4.78, 5) is 19.9. The molecule has 1 aromatic heterocycles. The van der Waals surface area contributed by atoms with Crippen LogP contribution in [0.5, 0.6) is 0 Å². The van der Waals surface area contributed by atoms with Gasteiger partial charge in [0.05, 0.1) is 6.20 Å². The van der Waals surface area contributed by atoms with Crippen molar-refractivity contribution >= 4 is 11.7 Å². The molecule has 0 bridgehead atoms. The molecule has 172 valence electrons. The Hall–Kier alpha value is -3.12. The van der Waals surface area contributed by atoms with E-state index in [1.807, 2.05) is 11.1 Å². The third-order valence-corrected chi connectivity index (χ3v) is 6.89. The van der Waals surface area contributed by atoms with E-state index in [2.05, 4.69) is 71.2 Å². The van der Waals surface area contributed by atoms with Gasteiger partial charge in [-0.15, -0.1) is 0 Å². The first-order chi connectivity index (χ1) is 16.1. The molecule has 0 spiro atoms. The maximum Gasteiger partial charge on any atom is 0.344 e. The Kier molecular flexibility index (Phi) is 6.18. The summed E-state index contributed by atoms with van der Waals surface area (Å²) < 4.78 is 1.48. The van der Waals surface area contributed by atoms with Crippen LogP contribution in [0, 0.1) is 13.8 Å². The van der Waals surface area contributed by atoms with Gasteiger partial charge in [-0.3, -0.25) is 4.90 Å². The molecule has 2 aliphatic heterocycles. The third kappa shape index (κ3) is 4.81. The number of nitrogens with zero attached hydrogens (tertiary/aromatic N) is 5. The molecule has 6 heteroatoms. The minimum absolute atomic E-state index is 0.0406. The van der Waals surface area contributed by atoms with Gasteiger partial charge >= 0.3 is 6.03 Å². The average molecular weight is 444 g/mol. The van der Waals surface area contributed by atoms with Crippen LogP contribution in [0.25, 0.3) is 11.1 Å². The molecule has 0 aliphatic carbocycles. The van der Waals surface area contributed by atoms with Crippen molar-refractivity contribution in [2.45, 2.75) is 33.2 Å². The fraction of sp³-hybridized carbons (Fsp3) is 0.407. The van der Waals surface area contributed by atoms with E-state index in [1.54, 1.807) is 6.20 Å². The number of aryl methyl sites for hydroxylation is 2. The van der Waals surface area contributed by atoms with Crippen molar-refractivity contribution in [1.29, 1.82) is 0 Å². The van der Waals surface area contributed by atoms with Gasteiger partial charge in [0, 0.05) is 63.3 Å². The summed E-state index contributed by atoms with van der Waals surface area (Å²) in [5.41, 5.74) is 7.38. The lowest BCUT2D eigenvalue weighted by molar-refractivity contribution is 0.134. The summed E-state index contributed by atoms with van der Waals surface area (Å²) in [6, 6.07) is 15.1. The summed E-state index contributed by atoms with van der Waals surface area (Å²) >= 11 is 0. The van der Waals surface area contributed by atoms with Crippen LogP contribution in [0.3, 0.4) is 0 Å². The zero-order valence-electron chi connectivity index (χ0n) is 19.7. The Morgan fingerprint density at radius 3 is 2.27 bits per heavy atom. The molecule has 2 aliphatic rings. The molecule has 3 aromatic rings. The maximum atomic E-state index is 13.0. The van der Waals surface area contributed by atoms with E-state index in [9.17, 15) is 4.79 Å². The summed E-state index contributed by atoms with van der Waals surface area (Å²) in [5, 5.41) is 4.35. The fourth-order valence-electron chi connectivity index (χ4n) is 4.87. The largest absolute Gasteiger partial charge is 0.371 e. The predicted octanol–water partition coefficient (Wildman–Crippen LogP) is 4.55. The highest BCUT2D eigenvalue weighted by atomic mass is 16.2. The van der Waals surface area contributed by atoms with Crippen LogP contribution in [0.2, 0.25) is 0 Å². The van der Waals surface area contributed by atoms with E-state index < -0.39 is 0 Å². The van der Waals surface area contributed by atoms with E-state index in [4.69, 9.17) is 0 Å². The van der Waals surface area contributed by atoms with Crippen molar-refractivity contribution in [3.05, 3.63) is 71.5 Å². The van der Waals surface area contributed by atoms with Gasteiger partial charge in [0.1, 0.15) is 0 Å². The van der Waals surface area contributed by atoms with E-state index >= 15 is 0 Å². The molecule has 0 atom stereocenters. The minimum atomic E-state index is -0.0406. The van der Waals surface area contributed by atoms with Crippen molar-refractivity contribution in [1.82, 2.24) is 19.6 Å². The van der Waals surface area contributed by atoms with Gasteiger partial charge < -0.3 is 9.80 Å². The van der Waals surface area contributed by atoms with Gasteiger partial charge in [0.2, 0.25) is 0 Å². The monoisotopic (exact) mass is 443 g/mol. The molecule has 3 heterocycles. The number of hydrogen-bond acceptors (Lipinski definition) is 4. The van der Waals surface area contributed by atoms with E-state index in [0.717, 1.165) is 56.9 Å². The molecule has 1 amide bonds. The molecule has 6 nitrogen and oxygen atoms in total. The third-order valence-electron chi connectivity index (χ3n) is 6.89. The summed E-state index contributed by atoms with van der Waals surface area (Å²) in [6.45, 7) is 10.7. The molecule has 5 rings (SSSR count). The zero-order chi connectivity index (χ0) is 22.8. The Bertz CT molecular complexity index is 1110. The van der Waals surface area contributed by atoms with Crippen molar-refractivity contribution < 1.29 is 4.79 Å². The summed E-state index contributed by atoms with van der Waals surface area (Å²) in [7, 11) is 0. The number of amides is 1. The highest BCUT2D eigenvalue weighted by molar-refractivity contribution is 5.77. The second-order valence-electron chi connectivity index (χ2n) is 9.41. The van der Waals surface area contributed by atoms with Crippen LogP contribution < -0.4 is 4.90 Å². The molecular formula is C27H33N5O. The van der Waals surface area contributed by atoms with Crippen LogP contribution in [0.1, 0.15) is 29.5 Å². The molecular weight excluding hydrogens is 410 g/mol. The van der Waals surface area contributed by atoms with Crippen LogP contribution in [0.15, 0.2) is 54.9 Å². The standard InChI is InChI=1S/C27H33N5O/c1-21-5-8-23(9-6-21)25-18-28-32(20-25)27(33)31-15-13-29(14-16-31)19-24-10-7-22(2)17-26(24)30-11-3-4-12-30/h5-10,17-18,20H,3-4,11-16,19H2,1-2H3. The van der Waals surface area contributed by atoms with Crippen LogP contribution in [0.4, 0.5) is 10.5 Å². The Morgan fingerprint density at radius 1 is 0.848 bits per heavy atom. The Labute approximate surface area is 196 Å². The lowest BCUT2D eigenvalue weighted by Crippen LogP contribution is -2.49. The van der Waals surface area contributed by atoms with E-state index in [-0.39, 0.29) is 6.03 Å². The second kappa shape index (κ2) is 9.40. The normalized spacial score (nSPS) is 17.0. The fourth-order valence-corrected chi connectivity index (χ4v) is 4.87. The van der Waals surface area contributed by atoms with Crippen LogP contribution in [-0.2, 0) is 6.54 Å². The lowest BCUT2D eigenvalue weighted by Gasteiger charge is -2.35. The quantitative estimate of drug-likeness (QED) is 0.593. The maximum absolute atomic E-state index is 13.0. The zero-order valence-corrected chi connectivity index (χ0v) is 19.7. The number of benzene rings is 2. The topological polar surface area (TPSA) is 44.6 Å². The Morgan fingerprint density at radius 2 is 1.55 bits per heavy atom. The Balaban J connectivity index is 1.20. The highest BCUT2D eigenvalue weighted by Crippen LogP contribution is 2.27. The average Bonchev–Trinajstić information content (AvgIpc) is 3.54. The predicted molar refractivity (Wildman–Crippen MR) is 133 cm³/mol. The van der Waals surface area contributed by atoms with Crippen LogP contribution in [-0.4, -0.2) is 64.9 Å². The molecule has 2 saturated heterocycles. The SMILES string of the molecule is Cc1ccc(-c2cnn(C(=O)N3CCN(Cc4ccc(C)cc4N4CCCC4)CC3)c2)cc1. The first-order valence-corrected chi connectivity index (χ1v) is 12.0. The molecule has 0 N–H and O–H groups in total. The molecule has 2 aromatic carbocycles. The van der Waals surface area contributed by atoms with Gasteiger partial charge in [0.15, 0.2) is 0 Å². The number of hydrogen-bond donors (Lipinski definition) is 0. The number of rotatable bonds is 4. The molecule has 0 saturated carbocycles. The second-order valence-corrected chi connectivity index (χ2v) is 9.41. The summed E-state index contributed by atoms with van der Waals surface area (Å²) in [5.74, 6) is 0. The smallest absolute Gasteiger partial charge is 0.344 e. The highest BCUT2D eigenvalue weighted by Gasteiger charge is 2.24. The van der Waals surface area contributed by atoms with Crippen molar-refractivity contribution in [3.8, 4) is 11.1 Å². The first-order valence-electron chi connectivity index (χ1n) is 12.0. The van der Waals surface area contributed by atoms with Gasteiger partial charge in [-0.2, -0.15) is 9.78 Å². The number of piperazine rings is 1. The number of aromatic nitrogens is 2. The first kappa shape index (κ1) is 21.7. The van der Waals surface area contributed by atoms with Crippen molar-refractivity contribution in [2.24, 2.45) is 0 Å². The molecule has 2 fully saturated rings. The van der Waals surface area contributed by atoms with E-state index in [1.165, 1.54) is 39.9 Å². The minimum Gasteiger partial charge on any atom is -0.371 e. The number of carbonyl (C=O) groups excluding carboxylic acids is 1.